The summed E-state index contributed by atoms with van der Waals surface area (Å²) in [5.74, 6) is 0.848. The van der Waals surface area contributed by atoms with E-state index >= 15 is 0 Å². The van der Waals surface area contributed by atoms with Crippen LogP contribution in [0.5, 0.6) is 5.75 Å². The normalized spacial score (nSPS) is 9.71. The largest absolute Gasteiger partial charge is 0.491 e. The highest BCUT2D eigenvalue weighted by Crippen LogP contribution is 2.31. The topological polar surface area (TPSA) is 64.4 Å². The van der Waals surface area contributed by atoms with E-state index in [4.69, 9.17) is 4.74 Å². The molecule has 0 atom stereocenters. The Morgan fingerprint density at radius 1 is 1.50 bits per heavy atom. The number of aliphatic imine (C=N–C) groups is 1. The fraction of sp³-hybridized carbons (Fsp3) is 0.444. The van der Waals surface area contributed by atoms with Crippen LogP contribution in [-0.4, -0.2) is 23.2 Å². The van der Waals surface area contributed by atoms with Crippen molar-refractivity contribution in [1.29, 1.82) is 0 Å². The summed E-state index contributed by atoms with van der Waals surface area (Å²) in [6, 6.07) is 0. The average Bonchev–Trinajstić information content (AvgIpc) is 2.18. The van der Waals surface area contributed by atoms with E-state index < -0.39 is 0 Å². The quantitative estimate of drug-likeness (QED) is 0.540. The number of hydrogen-bond donors (Lipinski definition) is 0. The molecule has 0 aliphatic carbocycles. The summed E-state index contributed by atoms with van der Waals surface area (Å²) in [6.07, 6.45) is 2.78. The van der Waals surface area contributed by atoms with Gasteiger partial charge >= 0.3 is 0 Å². The van der Waals surface area contributed by atoms with Crippen LogP contribution in [0.2, 0.25) is 0 Å². The van der Waals surface area contributed by atoms with E-state index in [0.717, 1.165) is 5.69 Å². The lowest BCUT2D eigenvalue weighted by atomic mass is 10.1. The molecule has 0 unspecified atom stereocenters. The molecule has 0 saturated heterocycles. The van der Waals surface area contributed by atoms with E-state index in [1.54, 1.807) is 0 Å². The monoisotopic (exact) mass is 193 g/mol. The van der Waals surface area contributed by atoms with Crippen molar-refractivity contribution < 1.29 is 9.53 Å². The number of carbonyl (C=O) groups excluding carboxylic acids is 1. The van der Waals surface area contributed by atoms with Crippen LogP contribution >= 0.6 is 0 Å². The van der Waals surface area contributed by atoms with E-state index in [1.807, 2.05) is 13.8 Å². The summed E-state index contributed by atoms with van der Waals surface area (Å²) in [5, 5.41) is 0. The van der Waals surface area contributed by atoms with Gasteiger partial charge in [0, 0.05) is 0 Å². The van der Waals surface area contributed by atoms with Crippen molar-refractivity contribution in [3.63, 3.8) is 0 Å². The molecule has 5 nitrogen and oxygen atoms in total. The molecular formula is C9H11N3O2. The van der Waals surface area contributed by atoms with Crippen LogP contribution in [-0.2, 0) is 4.79 Å². The Labute approximate surface area is 81.9 Å². The summed E-state index contributed by atoms with van der Waals surface area (Å²) < 4.78 is 5.09. The molecular weight excluding hydrogens is 182 g/mol. The van der Waals surface area contributed by atoms with Gasteiger partial charge in [-0.2, -0.15) is 0 Å². The maximum absolute atomic E-state index is 10.1. The fourth-order valence-electron chi connectivity index (χ4n) is 1.11. The van der Waals surface area contributed by atoms with Crippen molar-refractivity contribution in [1.82, 2.24) is 9.97 Å². The van der Waals surface area contributed by atoms with Crippen LogP contribution in [0.4, 0.5) is 5.82 Å². The first-order valence-corrected chi connectivity index (χ1v) is 4.17. The molecule has 0 amide bonds. The Balaban J connectivity index is 3.31. The van der Waals surface area contributed by atoms with Gasteiger partial charge in [-0.3, -0.25) is 0 Å². The van der Waals surface area contributed by atoms with Crippen LogP contribution in [0.15, 0.2) is 11.3 Å². The van der Waals surface area contributed by atoms with Crippen LogP contribution in [0.25, 0.3) is 0 Å². The highest BCUT2D eigenvalue weighted by molar-refractivity contribution is 5.54. The maximum Gasteiger partial charge on any atom is 0.242 e. The number of aromatic nitrogens is 2. The van der Waals surface area contributed by atoms with Gasteiger partial charge in [0.05, 0.1) is 12.8 Å². The molecule has 14 heavy (non-hydrogen) atoms. The van der Waals surface area contributed by atoms with Gasteiger partial charge in [0.25, 0.3) is 0 Å². The molecule has 0 aliphatic rings. The maximum atomic E-state index is 10.1. The van der Waals surface area contributed by atoms with Gasteiger partial charge in [-0.05, 0) is 5.92 Å². The van der Waals surface area contributed by atoms with Gasteiger partial charge in [0.1, 0.15) is 6.33 Å². The van der Waals surface area contributed by atoms with Crippen LogP contribution < -0.4 is 4.74 Å². The average molecular weight is 193 g/mol. The molecule has 0 aliphatic heterocycles. The molecule has 0 radical (unpaired) electrons. The van der Waals surface area contributed by atoms with Crippen LogP contribution in [0.1, 0.15) is 25.5 Å². The van der Waals surface area contributed by atoms with E-state index in [1.165, 1.54) is 19.5 Å². The molecule has 74 valence electrons. The van der Waals surface area contributed by atoms with E-state index in [2.05, 4.69) is 15.0 Å². The number of hydrogen-bond acceptors (Lipinski definition) is 5. The highest BCUT2D eigenvalue weighted by Gasteiger charge is 2.13. The van der Waals surface area contributed by atoms with E-state index in [9.17, 15) is 4.79 Å². The van der Waals surface area contributed by atoms with Crippen molar-refractivity contribution in [3.8, 4) is 5.75 Å². The van der Waals surface area contributed by atoms with Gasteiger partial charge in [0.2, 0.25) is 11.9 Å². The van der Waals surface area contributed by atoms with Crippen molar-refractivity contribution in [2.24, 2.45) is 4.99 Å². The molecule has 1 aromatic heterocycles. The second-order valence-corrected chi connectivity index (χ2v) is 2.97. The minimum Gasteiger partial charge on any atom is -0.491 e. The summed E-state index contributed by atoms with van der Waals surface area (Å²) in [7, 11) is 1.49. The summed E-state index contributed by atoms with van der Waals surface area (Å²) in [4.78, 5) is 21.4. The molecule has 0 bridgehead atoms. The lowest BCUT2D eigenvalue weighted by molar-refractivity contribution is 0.403. The Kier molecular flexibility index (Phi) is 3.31. The Morgan fingerprint density at radius 3 is 2.71 bits per heavy atom. The molecule has 0 N–H and O–H groups in total. The van der Waals surface area contributed by atoms with Gasteiger partial charge < -0.3 is 4.74 Å². The van der Waals surface area contributed by atoms with Gasteiger partial charge in [-0.1, -0.05) is 13.8 Å². The predicted octanol–water partition coefficient (Wildman–Crippen LogP) is 1.58. The third kappa shape index (κ3) is 1.95. The molecule has 0 fully saturated rings. The van der Waals surface area contributed by atoms with Crippen molar-refractivity contribution in [2.45, 2.75) is 19.8 Å². The lowest BCUT2D eigenvalue weighted by Crippen LogP contribution is -1.99. The molecule has 1 heterocycles. The highest BCUT2D eigenvalue weighted by atomic mass is 16.5. The minimum absolute atomic E-state index is 0.188. The first-order valence-electron chi connectivity index (χ1n) is 4.17. The molecule has 1 aromatic rings. The molecule has 0 aromatic carbocycles. The second-order valence-electron chi connectivity index (χ2n) is 2.97. The van der Waals surface area contributed by atoms with Gasteiger partial charge in [-0.25, -0.2) is 14.8 Å². The third-order valence-electron chi connectivity index (χ3n) is 1.72. The first kappa shape index (κ1) is 10.3. The number of methoxy groups -OCH3 is 1. The number of rotatable bonds is 3. The zero-order chi connectivity index (χ0) is 10.6. The molecule has 0 saturated carbocycles. The van der Waals surface area contributed by atoms with Crippen molar-refractivity contribution in [3.05, 3.63) is 12.0 Å². The number of ether oxygens (including phenoxy) is 1. The molecule has 5 heteroatoms. The standard InChI is InChI=1S/C9H11N3O2/c1-6(2)7-8(14-3)9(12-5-13)11-4-10-7/h4,6H,1-3H3. The fourth-order valence-corrected chi connectivity index (χ4v) is 1.11. The summed E-state index contributed by atoms with van der Waals surface area (Å²) in [6.45, 7) is 3.94. The minimum atomic E-state index is 0.188. The Morgan fingerprint density at radius 2 is 2.21 bits per heavy atom. The van der Waals surface area contributed by atoms with Crippen LogP contribution in [0, 0.1) is 0 Å². The smallest absolute Gasteiger partial charge is 0.242 e. The van der Waals surface area contributed by atoms with Gasteiger partial charge in [0.15, 0.2) is 5.75 Å². The van der Waals surface area contributed by atoms with Crippen molar-refractivity contribution in [2.75, 3.05) is 7.11 Å². The summed E-state index contributed by atoms with van der Waals surface area (Å²) in [5.41, 5.74) is 0.733. The Bertz CT molecular complexity index is 370. The zero-order valence-corrected chi connectivity index (χ0v) is 8.31. The summed E-state index contributed by atoms with van der Waals surface area (Å²) >= 11 is 0. The molecule has 1 rings (SSSR count). The predicted molar refractivity (Wildman–Crippen MR) is 50.5 cm³/mol. The lowest BCUT2D eigenvalue weighted by Gasteiger charge is -2.10. The SMILES string of the molecule is COc1c(N=C=O)ncnc1C(C)C. The van der Waals surface area contributed by atoms with Crippen molar-refractivity contribution >= 4 is 11.9 Å². The number of nitrogens with zero attached hydrogens (tertiary/aromatic N) is 3. The molecule has 0 spiro atoms. The zero-order valence-electron chi connectivity index (χ0n) is 8.31. The van der Waals surface area contributed by atoms with Crippen LogP contribution in [0.3, 0.4) is 0 Å². The van der Waals surface area contributed by atoms with E-state index in [0.29, 0.717) is 5.75 Å². The second kappa shape index (κ2) is 4.48. The first-order chi connectivity index (χ1) is 6.70. The third-order valence-corrected chi connectivity index (χ3v) is 1.72. The number of isocyanates is 1. The van der Waals surface area contributed by atoms with E-state index in [-0.39, 0.29) is 11.7 Å². The Hall–Kier alpha value is -1.74. The van der Waals surface area contributed by atoms with Gasteiger partial charge in [-0.15, -0.1) is 4.99 Å².